The van der Waals surface area contributed by atoms with Crippen LogP contribution in [0.25, 0.3) is 22.5 Å². The number of rotatable bonds is 3. The lowest BCUT2D eigenvalue weighted by Gasteiger charge is -2.17. The van der Waals surface area contributed by atoms with Crippen LogP contribution in [0.5, 0.6) is 11.5 Å². The number of carbonyl (C=O) groups excluding carboxylic acids is 1. The van der Waals surface area contributed by atoms with Crippen molar-refractivity contribution in [3.63, 3.8) is 0 Å². The van der Waals surface area contributed by atoms with E-state index in [2.05, 4.69) is 16.4 Å². The molecule has 2 aliphatic rings. The average molecular weight is 390 g/mol. The van der Waals surface area contributed by atoms with Crippen LogP contribution >= 0.6 is 0 Å². The van der Waals surface area contributed by atoms with Crippen LogP contribution in [0.15, 0.2) is 30.5 Å². The molecule has 3 heterocycles. The summed E-state index contributed by atoms with van der Waals surface area (Å²) in [6.07, 6.45) is 4.48. The van der Waals surface area contributed by atoms with Crippen molar-refractivity contribution in [1.29, 1.82) is 0 Å². The first kappa shape index (κ1) is 17.7. The van der Waals surface area contributed by atoms with E-state index in [1.54, 1.807) is 14.2 Å². The van der Waals surface area contributed by atoms with Crippen molar-refractivity contribution in [2.24, 2.45) is 0 Å². The molecule has 0 bridgehead atoms. The van der Waals surface area contributed by atoms with Crippen LogP contribution in [0.2, 0.25) is 0 Å². The van der Waals surface area contributed by atoms with Crippen LogP contribution in [0.4, 0.5) is 0 Å². The summed E-state index contributed by atoms with van der Waals surface area (Å²) in [6.45, 7) is 1.45. The lowest BCUT2D eigenvalue weighted by molar-refractivity contribution is 0.0949. The van der Waals surface area contributed by atoms with E-state index in [-0.39, 0.29) is 5.91 Å². The lowest BCUT2D eigenvalue weighted by atomic mass is 9.89. The SMILES string of the molecule is COc1ccc(-c2cc3c(cn2)CCc2c-3nn3c2C(=O)NCCC3)cc1OC. The van der Waals surface area contributed by atoms with Crippen molar-refractivity contribution in [2.75, 3.05) is 20.8 Å². The summed E-state index contributed by atoms with van der Waals surface area (Å²) in [6, 6.07) is 7.84. The fraction of sp³-hybridized carbons (Fsp3) is 0.318. The second-order valence-electron chi connectivity index (χ2n) is 7.30. The number of nitrogens with zero attached hydrogens (tertiary/aromatic N) is 3. The van der Waals surface area contributed by atoms with Gasteiger partial charge in [0.25, 0.3) is 5.91 Å². The van der Waals surface area contributed by atoms with Gasteiger partial charge in [0, 0.05) is 36.0 Å². The minimum absolute atomic E-state index is 0.0196. The quantitative estimate of drug-likeness (QED) is 0.744. The molecular formula is C22H22N4O3. The Morgan fingerprint density at radius 1 is 1.10 bits per heavy atom. The van der Waals surface area contributed by atoms with Crippen LogP contribution < -0.4 is 14.8 Å². The van der Waals surface area contributed by atoms with E-state index in [1.165, 1.54) is 0 Å². The van der Waals surface area contributed by atoms with Gasteiger partial charge in [0.1, 0.15) is 5.69 Å². The highest BCUT2D eigenvalue weighted by molar-refractivity contribution is 5.96. The molecule has 0 saturated carbocycles. The zero-order chi connectivity index (χ0) is 20.0. The van der Waals surface area contributed by atoms with Gasteiger partial charge in [-0.15, -0.1) is 0 Å². The maximum atomic E-state index is 12.6. The molecule has 1 aromatic carbocycles. The number of pyridine rings is 1. The van der Waals surface area contributed by atoms with Crippen LogP contribution in [0, 0.1) is 0 Å². The van der Waals surface area contributed by atoms with E-state index in [1.807, 2.05) is 29.1 Å². The topological polar surface area (TPSA) is 78.3 Å². The van der Waals surface area contributed by atoms with Gasteiger partial charge < -0.3 is 14.8 Å². The molecule has 1 amide bonds. The summed E-state index contributed by atoms with van der Waals surface area (Å²) in [4.78, 5) is 17.2. The van der Waals surface area contributed by atoms with Gasteiger partial charge >= 0.3 is 0 Å². The first-order chi connectivity index (χ1) is 14.2. The minimum atomic E-state index is -0.0196. The van der Waals surface area contributed by atoms with Crippen LogP contribution in [-0.2, 0) is 19.4 Å². The summed E-state index contributed by atoms with van der Waals surface area (Å²) in [7, 11) is 3.24. The first-order valence-corrected chi connectivity index (χ1v) is 9.79. The normalized spacial score (nSPS) is 14.9. The number of fused-ring (bicyclic) bond motifs is 5. The molecule has 2 aromatic heterocycles. The highest BCUT2D eigenvalue weighted by Gasteiger charge is 2.29. The number of aromatic nitrogens is 3. The monoisotopic (exact) mass is 390 g/mol. The van der Waals surface area contributed by atoms with Gasteiger partial charge in [-0.25, -0.2) is 0 Å². The Bertz CT molecular complexity index is 1120. The zero-order valence-electron chi connectivity index (χ0n) is 16.5. The van der Waals surface area contributed by atoms with Crippen LogP contribution in [-0.4, -0.2) is 41.4 Å². The highest BCUT2D eigenvalue weighted by atomic mass is 16.5. The van der Waals surface area contributed by atoms with Crippen molar-refractivity contribution < 1.29 is 14.3 Å². The maximum Gasteiger partial charge on any atom is 0.269 e. The van der Waals surface area contributed by atoms with Gasteiger partial charge in [0.05, 0.1) is 25.6 Å². The van der Waals surface area contributed by atoms with E-state index in [4.69, 9.17) is 14.6 Å². The Morgan fingerprint density at radius 2 is 1.97 bits per heavy atom. The highest BCUT2D eigenvalue weighted by Crippen LogP contribution is 2.38. The van der Waals surface area contributed by atoms with E-state index in [9.17, 15) is 4.79 Å². The largest absolute Gasteiger partial charge is 0.493 e. The third-order valence-corrected chi connectivity index (χ3v) is 5.66. The van der Waals surface area contributed by atoms with Crippen molar-refractivity contribution in [2.45, 2.75) is 25.8 Å². The van der Waals surface area contributed by atoms with E-state index in [0.717, 1.165) is 59.4 Å². The molecule has 7 nitrogen and oxygen atoms in total. The number of benzene rings is 1. The molecular weight excluding hydrogens is 368 g/mol. The Kier molecular flexibility index (Phi) is 4.23. The molecule has 7 heteroatoms. The van der Waals surface area contributed by atoms with Crippen molar-refractivity contribution in [1.82, 2.24) is 20.1 Å². The van der Waals surface area contributed by atoms with Gasteiger partial charge in [-0.1, -0.05) is 0 Å². The predicted octanol–water partition coefficient (Wildman–Crippen LogP) is 2.86. The summed E-state index contributed by atoms with van der Waals surface area (Å²) >= 11 is 0. The number of ether oxygens (including phenoxy) is 2. The predicted molar refractivity (Wildman–Crippen MR) is 108 cm³/mol. The molecule has 148 valence electrons. The Balaban J connectivity index is 1.62. The summed E-state index contributed by atoms with van der Waals surface area (Å²) in [5.41, 5.74) is 6.66. The molecule has 3 aromatic rings. The van der Waals surface area contributed by atoms with Gasteiger partial charge in [-0.3, -0.25) is 14.5 Å². The van der Waals surface area contributed by atoms with Gasteiger partial charge in [-0.05, 0) is 49.1 Å². The molecule has 0 unspecified atom stereocenters. The molecule has 1 aliphatic carbocycles. The van der Waals surface area contributed by atoms with E-state index >= 15 is 0 Å². The molecule has 29 heavy (non-hydrogen) atoms. The number of hydrogen-bond donors (Lipinski definition) is 1. The zero-order valence-corrected chi connectivity index (χ0v) is 16.5. The van der Waals surface area contributed by atoms with Crippen LogP contribution in [0.3, 0.4) is 0 Å². The van der Waals surface area contributed by atoms with Gasteiger partial charge in [-0.2, -0.15) is 5.10 Å². The summed E-state index contributed by atoms with van der Waals surface area (Å²) < 4.78 is 12.6. The third-order valence-electron chi connectivity index (χ3n) is 5.66. The Hall–Kier alpha value is -3.35. The third kappa shape index (κ3) is 2.85. The molecule has 0 fully saturated rings. The molecule has 0 radical (unpaired) electrons. The molecule has 0 atom stereocenters. The molecule has 1 aliphatic heterocycles. The van der Waals surface area contributed by atoms with E-state index in [0.29, 0.717) is 23.7 Å². The number of methoxy groups -OCH3 is 2. The lowest BCUT2D eigenvalue weighted by Crippen LogP contribution is -2.24. The number of aryl methyl sites for hydroxylation is 2. The average Bonchev–Trinajstić information content (AvgIpc) is 3.04. The minimum Gasteiger partial charge on any atom is -0.493 e. The summed E-state index contributed by atoms with van der Waals surface area (Å²) in [5, 5.41) is 7.81. The smallest absolute Gasteiger partial charge is 0.269 e. The molecule has 1 N–H and O–H groups in total. The summed E-state index contributed by atoms with van der Waals surface area (Å²) in [5.74, 6) is 1.32. The number of amides is 1. The van der Waals surface area contributed by atoms with Crippen molar-refractivity contribution in [3.8, 4) is 34.0 Å². The molecule has 0 spiro atoms. The Morgan fingerprint density at radius 3 is 2.79 bits per heavy atom. The van der Waals surface area contributed by atoms with Gasteiger partial charge in [0.2, 0.25) is 0 Å². The number of nitrogens with one attached hydrogen (secondary N) is 1. The van der Waals surface area contributed by atoms with Crippen LogP contribution in [0.1, 0.15) is 28.0 Å². The first-order valence-electron chi connectivity index (χ1n) is 9.79. The number of carbonyl (C=O) groups is 1. The number of hydrogen-bond acceptors (Lipinski definition) is 5. The molecule has 5 rings (SSSR count). The second kappa shape index (κ2) is 6.92. The van der Waals surface area contributed by atoms with E-state index < -0.39 is 0 Å². The maximum absolute atomic E-state index is 12.6. The van der Waals surface area contributed by atoms with Gasteiger partial charge in [0.15, 0.2) is 11.5 Å². The fourth-order valence-corrected chi connectivity index (χ4v) is 4.20. The Labute approximate surface area is 168 Å². The standard InChI is InChI=1S/C22H22N4O3/c1-28-18-7-5-13(10-19(18)29-2)17-11-16-14(12-24-17)4-6-15-20(16)25-26-9-3-8-23-22(27)21(15)26/h5,7,10-12H,3-4,6,8-9H2,1-2H3,(H,23,27). The van der Waals surface area contributed by atoms with Crippen molar-refractivity contribution in [3.05, 3.63) is 47.3 Å². The fourth-order valence-electron chi connectivity index (χ4n) is 4.20. The second-order valence-corrected chi connectivity index (χ2v) is 7.30. The molecule has 0 saturated heterocycles. The van der Waals surface area contributed by atoms with Crippen molar-refractivity contribution >= 4 is 5.91 Å².